The molecule has 4 aromatic rings. The van der Waals surface area contributed by atoms with Crippen LogP contribution >= 0.6 is 0 Å². The van der Waals surface area contributed by atoms with Gasteiger partial charge in [0.1, 0.15) is 17.8 Å². The molecule has 242 valence electrons. The quantitative estimate of drug-likeness (QED) is 0.215. The van der Waals surface area contributed by atoms with Crippen LogP contribution in [0, 0.1) is 24.6 Å². The second-order valence-electron chi connectivity index (χ2n) is 12.8. The normalized spacial score (nSPS) is 18.9. The van der Waals surface area contributed by atoms with Crippen LogP contribution in [0.4, 0.5) is 19.7 Å². The fourth-order valence-electron chi connectivity index (χ4n) is 6.56. The van der Waals surface area contributed by atoms with Crippen molar-refractivity contribution in [3.8, 4) is 22.5 Å². The molecule has 2 aliphatic rings. The molecular formula is C34H40FN7O4. The minimum Gasteiger partial charge on any atom is -0.465 e. The van der Waals surface area contributed by atoms with E-state index < -0.39 is 18.0 Å². The smallest absolute Gasteiger partial charge is 0.407 e. The second-order valence-corrected chi connectivity index (χ2v) is 12.8. The SMILES string of the molecule is Cc1c(NC(=O)N2C[C@H](CC(C)C)[C@@H](O)C2)cc(F)cc1-c1ncnc2[nH]c(-c3ccc(CN4CCN(C(=O)O)CC4)cc3)cc12. The van der Waals surface area contributed by atoms with Crippen LogP contribution in [0.5, 0.6) is 0 Å². The number of carbonyl (C=O) groups is 2. The summed E-state index contributed by atoms with van der Waals surface area (Å²) < 4.78 is 15.0. The molecule has 0 aliphatic carbocycles. The fourth-order valence-corrected chi connectivity index (χ4v) is 6.56. The zero-order valence-corrected chi connectivity index (χ0v) is 26.3. The Kier molecular flexibility index (Phi) is 8.92. The monoisotopic (exact) mass is 629 g/mol. The molecule has 2 fully saturated rings. The van der Waals surface area contributed by atoms with Gasteiger partial charge >= 0.3 is 12.1 Å². The van der Waals surface area contributed by atoms with Crippen molar-refractivity contribution in [1.82, 2.24) is 29.7 Å². The Labute approximate surface area is 267 Å². The van der Waals surface area contributed by atoms with Gasteiger partial charge < -0.3 is 30.3 Å². The Hall–Kier alpha value is -4.55. The van der Waals surface area contributed by atoms with E-state index >= 15 is 4.39 Å². The molecule has 0 spiro atoms. The Morgan fingerprint density at radius 2 is 1.78 bits per heavy atom. The molecule has 4 N–H and O–H groups in total. The molecule has 2 atom stereocenters. The number of hydrogen-bond donors (Lipinski definition) is 4. The van der Waals surface area contributed by atoms with Crippen molar-refractivity contribution in [2.45, 2.75) is 39.8 Å². The van der Waals surface area contributed by atoms with Gasteiger partial charge in [-0.25, -0.2) is 23.9 Å². The number of piperazine rings is 1. The Morgan fingerprint density at radius 1 is 1.04 bits per heavy atom. The average Bonchev–Trinajstić information content (AvgIpc) is 3.62. The number of benzene rings is 2. The summed E-state index contributed by atoms with van der Waals surface area (Å²) in [6, 6.07) is 12.5. The zero-order valence-electron chi connectivity index (χ0n) is 26.3. The summed E-state index contributed by atoms with van der Waals surface area (Å²) >= 11 is 0. The zero-order chi connectivity index (χ0) is 32.5. The lowest BCUT2D eigenvalue weighted by atomic mass is 9.95. The molecule has 46 heavy (non-hydrogen) atoms. The summed E-state index contributed by atoms with van der Waals surface area (Å²) in [7, 11) is 0. The van der Waals surface area contributed by atoms with Gasteiger partial charge in [0.25, 0.3) is 0 Å². The highest BCUT2D eigenvalue weighted by Crippen LogP contribution is 2.35. The van der Waals surface area contributed by atoms with Crippen LogP contribution in [0.3, 0.4) is 0 Å². The number of halogens is 1. The molecular weight excluding hydrogens is 589 g/mol. The van der Waals surface area contributed by atoms with Crippen LogP contribution in [0.25, 0.3) is 33.5 Å². The molecule has 0 bridgehead atoms. The van der Waals surface area contributed by atoms with Crippen molar-refractivity contribution >= 4 is 28.8 Å². The molecule has 0 unspecified atom stereocenters. The number of urea groups is 1. The van der Waals surface area contributed by atoms with Crippen LogP contribution in [0.2, 0.25) is 0 Å². The van der Waals surface area contributed by atoms with Gasteiger partial charge in [0, 0.05) is 74.1 Å². The molecule has 12 heteroatoms. The summed E-state index contributed by atoms with van der Waals surface area (Å²) in [5.74, 6) is -0.0732. The Bertz CT molecular complexity index is 1730. The van der Waals surface area contributed by atoms with Crippen molar-refractivity contribution in [2.24, 2.45) is 11.8 Å². The molecule has 0 radical (unpaired) electrons. The minimum atomic E-state index is -0.871. The Balaban J connectivity index is 1.20. The Morgan fingerprint density at radius 3 is 2.48 bits per heavy atom. The van der Waals surface area contributed by atoms with Gasteiger partial charge in [0.15, 0.2) is 0 Å². The third-order valence-corrected chi connectivity index (χ3v) is 9.08. The minimum absolute atomic E-state index is 0.0183. The number of aromatic nitrogens is 3. The third-order valence-electron chi connectivity index (χ3n) is 9.08. The summed E-state index contributed by atoms with van der Waals surface area (Å²) in [6.07, 6.45) is 0.819. The number of likely N-dealkylation sites (tertiary alicyclic amines) is 1. The van der Waals surface area contributed by atoms with Gasteiger partial charge in [-0.15, -0.1) is 0 Å². The number of nitrogens with one attached hydrogen (secondary N) is 2. The summed E-state index contributed by atoms with van der Waals surface area (Å²) in [5.41, 5.74) is 5.65. The van der Waals surface area contributed by atoms with Crippen LogP contribution in [-0.2, 0) is 6.54 Å². The van der Waals surface area contributed by atoms with E-state index in [9.17, 15) is 19.8 Å². The number of amides is 3. The number of anilines is 1. The topological polar surface area (TPSA) is 138 Å². The highest BCUT2D eigenvalue weighted by Gasteiger charge is 2.34. The number of nitrogens with zero attached hydrogens (tertiary/aromatic N) is 5. The number of aliphatic hydroxyl groups excluding tert-OH is 1. The van der Waals surface area contributed by atoms with Gasteiger partial charge in [-0.05, 0) is 54.2 Å². The first-order valence-electron chi connectivity index (χ1n) is 15.7. The number of β-amino-alcohol motifs (C(OH)–C–C–N with tert-alkyl or cyclic N) is 1. The molecule has 0 saturated carbocycles. The lowest BCUT2D eigenvalue weighted by molar-refractivity contribution is 0.103. The molecule has 11 nitrogen and oxygen atoms in total. The third kappa shape index (κ3) is 6.68. The molecule has 3 amide bonds. The van der Waals surface area contributed by atoms with E-state index in [2.05, 4.69) is 51.1 Å². The maximum Gasteiger partial charge on any atom is 0.407 e. The van der Waals surface area contributed by atoms with E-state index in [0.717, 1.165) is 35.2 Å². The largest absolute Gasteiger partial charge is 0.465 e. The maximum absolute atomic E-state index is 15.0. The average molecular weight is 630 g/mol. The molecule has 6 rings (SSSR count). The number of carbonyl (C=O) groups excluding carboxylic acids is 1. The van der Waals surface area contributed by atoms with Gasteiger partial charge in [-0.2, -0.15) is 0 Å². The van der Waals surface area contributed by atoms with Crippen molar-refractivity contribution in [1.29, 1.82) is 0 Å². The number of H-pyrrole nitrogens is 1. The van der Waals surface area contributed by atoms with E-state index in [0.29, 0.717) is 66.8 Å². The fraction of sp³-hybridized carbons (Fsp3) is 0.412. The molecule has 2 saturated heterocycles. The highest BCUT2D eigenvalue weighted by molar-refractivity contribution is 5.97. The number of carboxylic acid groups (broad SMARTS) is 1. The lowest BCUT2D eigenvalue weighted by Crippen LogP contribution is -2.47. The van der Waals surface area contributed by atoms with Crippen molar-refractivity contribution < 1.29 is 24.2 Å². The van der Waals surface area contributed by atoms with Crippen molar-refractivity contribution in [3.05, 3.63) is 65.7 Å². The first-order chi connectivity index (χ1) is 22.0. The predicted molar refractivity (Wildman–Crippen MR) is 174 cm³/mol. The van der Waals surface area contributed by atoms with Crippen LogP contribution < -0.4 is 5.32 Å². The number of fused-ring (bicyclic) bond motifs is 1. The number of aliphatic hydroxyl groups is 1. The van der Waals surface area contributed by atoms with E-state index in [1.165, 1.54) is 23.4 Å². The van der Waals surface area contributed by atoms with Gasteiger partial charge in [-0.1, -0.05) is 38.1 Å². The second kappa shape index (κ2) is 13.1. The van der Waals surface area contributed by atoms with Crippen LogP contribution in [0.1, 0.15) is 31.4 Å². The van der Waals surface area contributed by atoms with Crippen LogP contribution in [0.15, 0.2) is 48.8 Å². The molecule has 2 aromatic heterocycles. The number of rotatable bonds is 7. The number of hydrogen-bond acceptors (Lipinski definition) is 6. The molecule has 2 aliphatic heterocycles. The van der Waals surface area contributed by atoms with Gasteiger partial charge in [0.05, 0.1) is 11.8 Å². The summed E-state index contributed by atoms with van der Waals surface area (Å²) in [6.45, 7) is 9.86. The maximum atomic E-state index is 15.0. The van der Waals surface area contributed by atoms with E-state index in [1.54, 1.807) is 4.90 Å². The standard InChI is InChI=1S/C34H40FN7O4/c1-20(2)12-24-17-42(18-30(24)43)33(44)39-28-14-25(35)13-26(21(28)3)31-27-15-29(38-32(27)37-19-36-31)23-6-4-22(5-7-23)16-40-8-10-41(11-9-40)34(45)46/h4-7,13-15,19-20,24,30,43H,8-12,16-18H2,1-3H3,(H,39,44)(H,45,46)(H,36,37,38)/t24-,30-/m0/s1. The molecule has 4 heterocycles. The van der Waals surface area contributed by atoms with E-state index in [1.807, 2.05) is 25.1 Å². The predicted octanol–water partition coefficient (Wildman–Crippen LogP) is 5.41. The summed E-state index contributed by atoms with van der Waals surface area (Å²) in [5, 5.41) is 23.3. The first kappa shape index (κ1) is 31.4. The van der Waals surface area contributed by atoms with E-state index in [-0.39, 0.29) is 18.5 Å². The van der Waals surface area contributed by atoms with Crippen LogP contribution in [-0.4, -0.2) is 97.4 Å². The summed E-state index contributed by atoms with van der Waals surface area (Å²) in [4.78, 5) is 42.0. The lowest BCUT2D eigenvalue weighted by Gasteiger charge is -2.33. The van der Waals surface area contributed by atoms with E-state index in [4.69, 9.17) is 0 Å². The number of aromatic amines is 1. The van der Waals surface area contributed by atoms with Gasteiger partial charge in [0.2, 0.25) is 0 Å². The first-order valence-corrected chi connectivity index (χ1v) is 15.7. The molecule has 2 aromatic carbocycles. The van der Waals surface area contributed by atoms with Gasteiger partial charge in [-0.3, -0.25) is 4.90 Å². The highest BCUT2D eigenvalue weighted by atomic mass is 19.1. The van der Waals surface area contributed by atoms with Crippen molar-refractivity contribution in [2.75, 3.05) is 44.6 Å². The van der Waals surface area contributed by atoms with Crippen molar-refractivity contribution in [3.63, 3.8) is 0 Å².